The van der Waals surface area contributed by atoms with Crippen molar-refractivity contribution in [1.29, 1.82) is 5.26 Å². The van der Waals surface area contributed by atoms with Crippen LogP contribution in [-0.4, -0.2) is 27.6 Å². The molecule has 2 rings (SSSR count). The number of phenols is 1. The van der Waals surface area contributed by atoms with Gasteiger partial charge in [-0.2, -0.15) is 5.26 Å². The summed E-state index contributed by atoms with van der Waals surface area (Å²) in [5.41, 5.74) is 5.85. The summed E-state index contributed by atoms with van der Waals surface area (Å²) in [6.45, 7) is 0. The SMILES string of the molecule is N#Cc1cccc(C(=O)O)c1.NC(=O)c1ccc(O)cc1.O. The molecule has 0 heterocycles. The summed E-state index contributed by atoms with van der Waals surface area (Å²) in [5.74, 6) is -1.37. The molecule has 7 nitrogen and oxygen atoms in total. The van der Waals surface area contributed by atoms with Gasteiger partial charge in [-0.25, -0.2) is 4.79 Å². The van der Waals surface area contributed by atoms with Crippen molar-refractivity contribution in [3.05, 3.63) is 65.2 Å². The Morgan fingerprint density at radius 1 is 1.05 bits per heavy atom. The Morgan fingerprint density at radius 2 is 1.64 bits per heavy atom. The van der Waals surface area contributed by atoms with E-state index in [1.807, 2.05) is 6.07 Å². The molecule has 0 aromatic heterocycles. The van der Waals surface area contributed by atoms with Crippen molar-refractivity contribution in [1.82, 2.24) is 0 Å². The van der Waals surface area contributed by atoms with E-state index in [4.69, 9.17) is 21.2 Å². The number of phenolic OH excluding ortho intramolecular Hbond substituents is 1. The number of carboxylic acid groups (broad SMARTS) is 1. The minimum absolute atomic E-state index is 0. The highest BCUT2D eigenvalue weighted by molar-refractivity contribution is 5.92. The zero-order valence-corrected chi connectivity index (χ0v) is 11.4. The van der Waals surface area contributed by atoms with Crippen LogP contribution in [0.1, 0.15) is 26.3 Å². The predicted molar refractivity (Wildman–Crippen MR) is 78.4 cm³/mol. The molecule has 0 fully saturated rings. The summed E-state index contributed by atoms with van der Waals surface area (Å²) in [7, 11) is 0. The van der Waals surface area contributed by atoms with Gasteiger partial charge in [0.05, 0.1) is 17.2 Å². The smallest absolute Gasteiger partial charge is 0.335 e. The zero-order chi connectivity index (χ0) is 15.8. The van der Waals surface area contributed by atoms with E-state index < -0.39 is 11.9 Å². The standard InChI is InChI=1S/C8H5NO2.C7H7NO2.H2O/c9-5-6-2-1-3-7(4-6)8(10)11;8-7(10)5-1-3-6(9)4-2-5;/h1-4H,(H,10,11);1-4,9H,(H2,8,10);1H2. The molecule has 0 atom stereocenters. The van der Waals surface area contributed by atoms with Crippen LogP contribution in [0.2, 0.25) is 0 Å². The van der Waals surface area contributed by atoms with Gasteiger partial charge in [0.2, 0.25) is 5.91 Å². The van der Waals surface area contributed by atoms with Crippen LogP contribution in [0.25, 0.3) is 0 Å². The highest BCUT2D eigenvalue weighted by Gasteiger charge is 2.01. The third-order valence-electron chi connectivity index (χ3n) is 2.39. The monoisotopic (exact) mass is 302 g/mol. The number of nitrogens with zero attached hydrogens (tertiary/aromatic N) is 1. The Kier molecular flexibility index (Phi) is 7.39. The first-order chi connectivity index (χ1) is 9.93. The quantitative estimate of drug-likeness (QED) is 0.751. The molecular formula is C15H14N2O5. The number of benzene rings is 2. The lowest BCUT2D eigenvalue weighted by molar-refractivity contribution is 0.0696. The molecule has 114 valence electrons. The molecule has 0 saturated heterocycles. The molecule has 0 bridgehead atoms. The van der Waals surface area contributed by atoms with E-state index >= 15 is 0 Å². The summed E-state index contributed by atoms with van der Waals surface area (Å²) < 4.78 is 0. The lowest BCUT2D eigenvalue weighted by Gasteiger charge is -1.93. The van der Waals surface area contributed by atoms with Crippen molar-refractivity contribution < 1.29 is 25.3 Å². The fraction of sp³-hybridized carbons (Fsp3) is 0. The minimum atomic E-state index is -1.01. The van der Waals surface area contributed by atoms with Gasteiger partial charge in [0, 0.05) is 5.56 Å². The van der Waals surface area contributed by atoms with E-state index in [2.05, 4.69) is 0 Å². The van der Waals surface area contributed by atoms with Crippen molar-refractivity contribution in [3.63, 3.8) is 0 Å². The number of carboxylic acids is 1. The largest absolute Gasteiger partial charge is 0.508 e. The first kappa shape index (κ1) is 18.6. The van der Waals surface area contributed by atoms with E-state index in [0.29, 0.717) is 11.1 Å². The van der Waals surface area contributed by atoms with Gasteiger partial charge in [0.1, 0.15) is 5.75 Å². The second-order valence-electron chi connectivity index (χ2n) is 3.91. The maximum atomic E-state index is 10.5. The molecule has 0 saturated carbocycles. The lowest BCUT2D eigenvalue weighted by atomic mass is 10.1. The average molecular weight is 302 g/mol. The van der Waals surface area contributed by atoms with E-state index in [9.17, 15) is 9.59 Å². The maximum Gasteiger partial charge on any atom is 0.335 e. The lowest BCUT2D eigenvalue weighted by Crippen LogP contribution is -2.10. The van der Waals surface area contributed by atoms with Crippen LogP contribution in [0.3, 0.4) is 0 Å². The topological polar surface area (TPSA) is 156 Å². The van der Waals surface area contributed by atoms with E-state index in [-0.39, 0.29) is 16.8 Å². The number of nitriles is 1. The van der Waals surface area contributed by atoms with Crippen LogP contribution in [0, 0.1) is 11.3 Å². The summed E-state index contributed by atoms with van der Waals surface area (Å²) in [6, 6.07) is 13.5. The minimum Gasteiger partial charge on any atom is -0.508 e. The number of aromatic carboxylic acids is 1. The second-order valence-corrected chi connectivity index (χ2v) is 3.91. The number of hydrogen-bond donors (Lipinski definition) is 3. The summed E-state index contributed by atoms with van der Waals surface area (Å²) in [6.07, 6.45) is 0. The first-order valence-corrected chi connectivity index (χ1v) is 5.76. The molecule has 7 heteroatoms. The van der Waals surface area contributed by atoms with Crippen molar-refractivity contribution in [2.75, 3.05) is 0 Å². The van der Waals surface area contributed by atoms with Crippen molar-refractivity contribution in [2.45, 2.75) is 0 Å². The number of carbonyl (C=O) groups excluding carboxylic acids is 1. The summed E-state index contributed by atoms with van der Waals surface area (Å²) in [4.78, 5) is 20.8. The van der Waals surface area contributed by atoms with Gasteiger partial charge >= 0.3 is 5.97 Å². The molecule has 0 unspecified atom stereocenters. The van der Waals surface area contributed by atoms with E-state index in [1.54, 1.807) is 12.1 Å². The number of rotatable bonds is 2. The van der Waals surface area contributed by atoms with Gasteiger partial charge in [-0.15, -0.1) is 0 Å². The molecular weight excluding hydrogens is 288 g/mol. The number of carbonyl (C=O) groups is 2. The number of aromatic hydroxyl groups is 1. The Hall–Kier alpha value is -3.37. The van der Waals surface area contributed by atoms with Gasteiger partial charge in [-0.3, -0.25) is 4.79 Å². The number of primary amides is 1. The number of hydrogen-bond acceptors (Lipinski definition) is 4. The zero-order valence-electron chi connectivity index (χ0n) is 11.4. The molecule has 0 aliphatic heterocycles. The van der Waals surface area contributed by atoms with Gasteiger partial charge < -0.3 is 21.4 Å². The molecule has 0 aliphatic rings. The highest BCUT2D eigenvalue weighted by Crippen LogP contribution is 2.08. The molecule has 0 radical (unpaired) electrons. The molecule has 2 aromatic rings. The van der Waals surface area contributed by atoms with E-state index in [1.165, 1.54) is 36.4 Å². The van der Waals surface area contributed by atoms with Gasteiger partial charge in [0.25, 0.3) is 0 Å². The summed E-state index contributed by atoms with van der Waals surface area (Å²) >= 11 is 0. The molecule has 22 heavy (non-hydrogen) atoms. The third kappa shape index (κ3) is 5.73. The second kappa shape index (κ2) is 8.73. The normalized spacial score (nSPS) is 8.50. The molecule has 0 aliphatic carbocycles. The van der Waals surface area contributed by atoms with Crippen LogP contribution >= 0.6 is 0 Å². The molecule has 2 aromatic carbocycles. The first-order valence-electron chi connectivity index (χ1n) is 5.76. The van der Waals surface area contributed by atoms with Crippen LogP contribution in [0.15, 0.2) is 48.5 Å². The van der Waals surface area contributed by atoms with Crippen LogP contribution in [0.5, 0.6) is 5.75 Å². The van der Waals surface area contributed by atoms with Crippen LogP contribution < -0.4 is 5.73 Å². The fourth-order valence-electron chi connectivity index (χ4n) is 1.35. The van der Waals surface area contributed by atoms with Crippen molar-refractivity contribution in [2.24, 2.45) is 5.73 Å². The summed E-state index contributed by atoms with van der Waals surface area (Å²) in [5, 5.41) is 25.7. The molecule has 0 spiro atoms. The van der Waals surface area contributed by atoms with E-state index in [0.717, 1.165) is 0 Å². The van der Waals surface area contributed by atoms with Crippen LogP contribution in [0.4, 0.5) is 0 Å². The van der Waals surface area contributed by atoms with Crippen molar-refractivity contribution in [3.8, 4) is 11.8 Å². The van der Waals surface area contributed by atoms with Crippen molar-refractivity contribution >= 4 is 11.9 Å². The van der Waals surface area contributed by atoms with Gasteiger partial charge in [-0.05, 0) is 42.5 Å². The maximum absolute atomic E-state index is 10.5. The Morgan fingerprint density at radius 3 is 2.09 bits per heavy atom. The Bertz CT molecular complexity index is 690. The highest BCUT2D eigenvalue weighted by atomic mass is 16.4. The number of nitrogens with two attached hydrogens (primary N) is 1. The third-order valence-corrected chi connectivity index (χ3v) is 2.39. The fourth-order valence-corrected chi connectivity index (χ4v) is 1.35. The molecule has 1 amide bonds. The van der Waals surface area contributed by atoms with Gasteiger partial charge in [0.15, 0.2) is 0 Å². The molecule has 6 N–H and O–H groups in total. The predicted octanol–water partition coefficient (Wildman–Crippen LogP) is 0.923. The van der Waals surface area contributed by atoms with Crippen LogP contribution in [-0.2, 0) is 0 Å². The Balaban J connectivity index is 0.000000385. The average Bonchev–Trinajstić information content (AvgIpc) is 2.48. The number of amides is 1. The Labute approximate surface area is 126 Å². The van der Waals surface area contributed by atoms with Gasteiger partial charge in [-0.1, -0.05) is 6.07 Å².